The van der Waals surface area contributed by atoms with E-state index in [-0.39, 0.29) is 27.9 Å². The second-order valence-corrected chi connectivity index (χ2v) is 9.88. The number of amides is 2. The van der Waals surface area contributed by atoms with E-state index in [0.717, 1.165) is 5.01 Å². The minimum Gasteiger partial charge on any atom is -0.481 e. The second-order valence-electron chi connectivity index (χ2n) is 7.76. The van der Waals surface area contributed by atoms with Crippen molar-refractivity contribution in [3.8, 4) is 5.88 Å². The summed E-state index contributed by atoms with van der Waals surface area (Å²) in [6.45, 7) is 3.16. The molecule has 4 rings (SSSR count). The summed E-state index contributed by atoms with van der Waals surface area (Å²) in [6, 6.07) is 11.8. The fourth-order valence-electron chi connectivity index (χ4n) is 3.26. The Balaban J connectivity index is 1.45. The molecule has 0 saturated carbocycles. The number of anilines is 1. The van der Waals surface area contributed by atoms with Gasteiger partial charge in [0.25, 0.3) is 21.8 Å². The van der Waals surface area contributed by atoms with Crippen molar-refractivity contribution in [3.05, 3.63) is 71.0 Å². The van der Waals surface area contributed by atoms with Gasteiger partial charge in [0.05, 0.1) is 23.4 Å². The van der Waals surface area contributed by atoms with Crippen molar-refractivity contribution in [2.45, 2.75) is 24.8 Å². The van der Waals surface area contributed by atoms with Crippen LogP contribution in [0.1, 0.15) is 23.1 Å². The van der Waals surface area contributed by atoms with Crippen molar-refractivity contribution in [2.24, 2.45) is 15.3 Å². The van der Waals surface area contributed by atoms with Crippen LogP contribution in [0, 0.1) is 6.92 Å². The number of halogens is 1. The lowest BCUT2D eigenvalue weighted by atomic mass is 10.2. The summed E-state index contributed by atoms with van der Waals surface area (Å²) in [5, 5.41) is 13.3. The van der Waals surface area contributed by atoms with E-state index in [9.17, 15) is 18.0 Å². The van der Waals surface area contributed by atoms with E-state index in [0.29, 0.717) is 16.5 Å². The summed E-state index contributed by atoms with van der Waals surface area (Å²) >= 11 is 5.84. The zero-order valence-electron chi connectivity index (χ0n) is 19.8. The lowest BCUT2D eigenvalue weighted by Crippen LogP contribution is -2.34. The molecule has 0 saturated heterocycles. The number of ether oxygens (including phenoxy) is 1. The molecule has 0 radical (unpaired) electrons. The molecule has 0 fully saturated rings. The number of methoxy groups -OCH3 is 1. The van der Waals surface area contributed by atoms with Crippen LogP contribution in [0.25, 0.3) is 0 Å². The third-order valence-corrected chi connectivity index (χ3v) is 6.70. The summed E-state index contributed by atoms with van der Waals surface area (Å²) in [6.07, 6.45) is 0. The normalized spacial score (nSPS) is 15.7. The van der Waals surface area contributed by atoms with E-state index in [2.05, 4.69) is 30.0 Å². The molecule has 0 aliphatic carbocycles. The Morgan fingerprint density at radius 1 is 1.08 bits per heavy atom. The van der Waals surface area contributed by atoms with Gasteiger partial charge in [0, 0.05) is 16.7 Å². The number of carbonyl (C=O) groups is 2. The SMILES string of the molecule is COc1cc(NS(=O)(=O)c2ccc(N=NC3C(=O)N(C(=O)c4ccc(Cl)cc4)N=C3C)cc2)nc(C)n1. The van der Waals surface area contributed by atoms with Gasteiger partial charge < -0.3 is 4.74 Å². The van der Waals surface area contributed by atoms with Crippen LogP contribution < -0.4 is 9.46 Å². The molecular weight excluding hydrogens is 522 g/mol. The summed E-state index contributed by atoms with van der Waals surface area (Å²) in [5.41, 5.74) is 0.824. The number of nitrogens with zero attached hydrogens (tertiary/aromatic N) is 6. The molecule has 0 bridgehead atoms. The number of hydrogen-bond donors (Lipinski definition) is 1. The predicted molar refractivity (Wildman–Crippen MR) is 135 cm³/mol. The molecule has 1 aromatic heterocycles. The average Bonchev–Trinajstić information content (AvgIpc) is 3.15. The van der Waals surface area contributed by atoms with Crippen LogP contribution in [-0.2, 0) is 14.8 Å². The minimum absolute atomic E-state index is 0.0453. The highest BCUT2D eigenvalue weighted by Gasteiger charge is 2.38. The molecule has 1 atom stereocenters. The van der Waals surface area contributed by atoms with Crippen LogP contribution in [0.15, 0.2) is 74.8 Å². The fraction of sp³-hybridized carbons (Fsp3) is 0.174. The van der Waals surface area contributed by atoms with Gasteiger partial charge in [-0.15, -0.1) is 0 Å². The highest BCUT2D eigenvalue weighted by molar-refractivity contribution is 7.92. The van der Waals surface area contributed by atoms with E-state index in [1.807, 2.05) is 0 Å². The van der Waals surface area contributed by atoms with Gasteiger partial charge in [-0.2, -0.15) is 25.3 Å². The molecule has 1 unspecified atom stereocenters. The number of carbonyl (C=O) groups excluding carboxylic acids is 2. The number of azo groups is 1. The van der Waals surface area contributed by atoms with Crippen molar-refractivity contribution < 1.29 is 22.7 Å². The molecule has 1 aliphatic heterocycles. The summed E-state index contributed by atoms with van der Waals surface area (Å²) in [5.74, 6) is -0.658. The summed E-state index contributed by atoms with van der Waals surface area (Å²) in [7, 11) is -2.55. The van der Waals surface area contributed by atoms with Crippen LogP contribution in [0.5, 0.6) is 5.88 Å². The number of aryl methyl sites for hydroxylation is 1. The molecule has 2 amide bonds. The number of imide groups is 1. The first-order valence-corrected chi connectivity index (χ1v) is 12.6. The van der Waals surface area contributed by atoms with Gasteiger partial charge in [0.1, 0.15) is 11.6 Å². The van der Waals surface area contributed by atoms with E-state index in [1.165, 1.54) is 61.7 Å². The van der Waals surface area contributed by atoms with Gasteiger partial charge in [-0.1, -0.05) is 11.6 Å². The number of sulfonamides is 1. The lowest BCUT2D eigenvalue weighted by molar-refractivity contribution is -0.127. The van der Waals surface area contributed by atoms with Crippen LogP contribution in [-0.4, -0.2) is 54.1 Å². The van der Waals surface area contributed by atoms with E-state index in [1.54, 1.807) is 13.8 Å². The number of benzene rings is 2. The smallest absolute Gasteiger partial charge is 0.282 e. The van der Waals surface area contributed by atoms with Crippen molar-refractivity contribution in [1.29, 1.82) is 0 Å². The lowest BCUT2D eigenvalue weighted by Gasteiger charge is -2.10. The third-order valence-electron chi connectivity index (χ3n) is 5.08. The molecule has 1 aliphatic rings. The zero-order chi connectivity index (χ0) is 26.7. The topological polar surface area (TPSA) is 156 Å². The Morgan fingerprint density at radius 2 is 1.76 bits per heavy atom. The van der Waals surface area contributed by atoms with Crippen LogP contribution in [0.2, 0.25) is 5.02 Å². The molecule has 3 aromatic rings. The van der Waals surface area contributed by atoms with Crippen molar-refractivity contribution in [3.63, 3.8) is 0 Å². The molecule has 12 nitrogen and oxygen atoms in total. The Morgan fingerprint density at radius 3 is 2.41 bits per heavy atom. The second kappa shape index (κ2) is 10.4. The molecule has 14 heteroatoms. The Bertz CT molecular complexity index is 1520. The highest BCUT2D eigenvalue weighted by Crippen LogP contribution is 2.23. The number of rotatable bonds is 7. The van der Waals surface area contributed by atoms with Crippen LogP contribution in [0.4, 0.5) is 11.5 Å². The molecule has 1 N–H and O–H groups in total. The number of nitrogens with one attached hydrogen (secondary N) is 1. The van der Waals surface area contributed by atoms with Crippen molar-refractivity contribution in [2.75, 3.05) is 11.8 Å². The first-order chi connectivity index (χ1) is 17.6. The third kappa shape index (κ3) is 5.78. The maximum absolute atomic E-state index is 12.8. The zero-order valence-corrected chi connectivity index (χ0v) is 21.4. The van der Waals surface area contributed by atoms with Crippen molar-refractivity contribution in [1.82, 2.24) is 15.0 Å². The Kier molecular flexibility index (Phi) is 7.27. The van der Waals surface area contributed by atoms with Gasteiger partial charge >= 0.3 is 0 Å². The van der Waals surface area contributed by atoms with E-state index < -0.39 is 27.9 Å². The Hall–Kier alpha value is -4.23. The molecule has 190 valence electrons. The van der Waals surface area contributed by atoms with Gasteiger partial charge in [-0.05, 0) is 62.4 Å². The van der Waals surface area contributed by atoms with Crippen LogP contribution in [0.3, 0.4) is 0 Å². The molecule has 2 aromatic carbocycles. The number of hydrogen-bond acceptors (Lipinski definition) is 10. The summed E-state index contributed by atoms with van der Waals surface area (Å²) < 4.78 is 32.9. The van der Waals surface area contributed by atoms with E-state index >= 15 is 0 Å². The van der Waals surface area contributed by atoms with Crippen LogP contribution >= 0.6 is 11.6 Å². The van der Waals surface area contributed by atoms with Gasteiger partial charge in [0.2, 0.25) is 5.88 Å². The first-order valence-electron chi connectivity index (χ1n) is 10.7. The molecule has 0 spiro atoms. The minimum atomic E-state index is -3.96. The van der Waals surface area contributed by atoms with Crippen molar-refractivity contribution >= 4 is 50.7 Å². The maximum Gasteiger partial charge on any atom is 0.282 e. The Labute approximate surface area is 217 Å². The molecular formula is C23H20ClN7O5S. The first kappa shape index (κ1) is 25.9. The number of aromatic nitrogens is 2. The van der Waals surface area contributed by atoms with Gasteiger partial charge in [0.15, 0.2) is 6.04 Å². The van der Waals surface area contributed by atoms with E-state index in [4.69, 9.17) is 16.3 Å². The van der Waals surface area contributed by atoms with Gasteiger partial charge in [-0.3, -0.25) is 14.3 Å². The summed E-state index contributed by atoms with van der Waals surface area (Å²) in [4.78, 5) is 33.4. The monoisotopic (exact) mass is 541 g/mol. The predicted octanol–water partition coefficient (Wildman–Crippen LogP) is 3.76. The van der Waals surface area contributed by atoms with Gasteiger partial charge in [-0.25, -0.2) is 13.4 Å². The fourth-order valence-corrected chi connectivity index (χ4v) is 4.38. The molecule has 2 heterocycles. The maximum atomic E-state index is 12.8. The largest absolute Gasteiger partial charge is 0.481 e. The standard InChI is InChI=1S/C23H20ClN7O5S/c1-13-21(23(33)31(29-13)22(32)15-4-6-16(24)7-5-15)28-27-17-8-10-18(11-9-17)37(34,35)30-19-12-20(36-3)26-14(2)25-19/h4-12,21H,1-3H3,(H,25,26,30). The molecule has 37 heavy (non-hydrogen) atoms. The highest BCUT2D eigenvalue weighted by atomic mass is 35.5. The average molecular weight is 542 g/mol. The number of hydrazone groups is 1. The quantitative estimate of drug-likeness (QED) is 0.352.